The standard InChI is InChI=1S/C21H22BrN3O2/c1-13-5-10-18(11-14(13)2)27-12-19(26)23-21-20(15(3)24-25(21)4)16-6-8-17(22)9-7-16/h5-11H,12H2,1-4H3,(H,23,26). The highest BCUT2D eigenvalue weighted by Gasteiger charge is 2.17. The van der Waals surface area contributed by atoms with Gasteiger partial charge in [-0.05, 0) is 61.7 Å². The molecule has 2 aromatic carbocycles. The quantitative estimate of drug-likeness (QED) is 0.636. The third-order valence-electron chi connectivity index (χ3n) is 4.46. The van der Waals surface area contributed by atoms with Crippen molar-refractivity contribution in [2.75, 3.05) is 11.9 Å². The summed E-state index contributed by atoms with van der Waals surface area (Å²) >= 11 is 3.45. The Labute approximate surface area is 167 Å². The number of carbonyl (C=O) groups excluding carboxylic acids is 1. The zero-order valence-corrected chi connectivity index (χ0v) is 17.4. The van der Waals surface area contributed by atoms with Crippen LogP contribution >= 0.6 is 15.9 Å². The van der Waals surface area contributed by atoms with E-state index in [1.807, 2.05) is 70.3 Å². The number of ether oxygens (including phenoxy) is 1. The largest absolute Gasteiger partial charge is 0.484 e. The van der Waals surface area contributed by atoms with Gasteiger partial charge in [0.15, 0.2) is 6.61 Å². The molecule has 6 heteroatoms. The minimum atomic E-state index is -0.227. The summed E-state index contributed by atoms with van der Waals surface area (Å²) < 4.78 is 8.32. The molecule has 0 spiro atoms. The lowest BCUT2D eigenvalue weighted by Crippen LogP contribution is -2.22. The van der Waals surface area contributed by atoms with Gasteiger partial charge in [-0.3, -0.25) is 9.48 Å². The molecule has 0 aliphatic carbocycles. The number of benzene rings is 2. The normalized spacial score (nSPS) is 10.7. The number of rotatable bonds is 5. The summed E-state index contributed by atoms with van der Waals surface area (Å²) in [7, 11) is 1.81. The van der Waals surface area contributed by atoms with Gasteiger partial charge in [0.05, 0.1) is 5.69 Å². The van der Waals surface area contributed by atoms with Crippen LogP contribution in [-0.2, 0) is 11.8 Å². The molecule has 0 saturated carbocycles. The summed E-state index contributed by atoms with van der Waals surface area (Å²) in [6.07, 6.45) is 0. The predicted octanol–water partition coefficient (Wildman–Crippen LogP) is 4.79. The Kier molecular flexibility index (Phi) is 5.65. The SMILES string of the molecule is Cc1ccc(OCC(=O)Nc2c(-c3ccc(Br)cc3)c(C)nn2C)cc1C. The van der Waals surface area contributed by atoms with Crippen LogP contribution in [0.15, 0.2) is 46.9 Å². The summed E-state index contributed by atoms with van der Waals surface area (Å²) in [5, 5.41) is 7.39. The number of nitrogens with one attached hydrogen (secondary N) is 1. The smallest absolute Gasteiger partial charge is 0.263 e. The van der Waals surface area contributed by atoms with E-state index in [0.29, 0.717) is 11.6 Å². The van der Waals surface area contributed by atoms with Crippen molar-refractivity contribution < 1.29 is 9.53 Å². The molecule has 5 nitrogen and oxygen atoms in total. The van der Waals surface area contributed by atoms with Gasteiger partial charge < -0.3 is 10.1 Å². The first-order valence-corrected chi connectivity index (χ1v) is 9.44. The number of aryl methyl sites for hydroxylation is 4. The van der Waals surface area contributed by atoms with Gasteiger partial charge in [-0.2, -0.15) is 5.10 Å². The van der Waals surface area contributed by atoms with Crippen molar-refractivity contribution in [3.63, 3.8) is 0 Å². The summed E-state index contributed by atoms with van der Waals surface area (Å²) in [6.45, 7) is 5.93. The molecule has 27 heavy (non-hydrogen) atoms. The fourth-order valence-corrected chi connectivity index (χ4v) is 3.15. The first-order valence-electron chi connectivity index (χ1n) is 8.64. The van der Waals surface area contributed by atoms with E-state index in [2.05, 4.69) is 26.3 Å². The van der Waals surface area contributed by atoms with Crippen molar-refractivity contribution >= 4 is 27.7 Å². The van der Waals surface area contributed by atoms with Gasteiger partial charge in [-0.25, -0.2) is 0 Å². The number of nitrogens with zero attached hydrogens (tertiary/aromatic N) is 2. The minimum Gasteiger partial charge on any atom is -0.484 e. The monoisotopic (exact) mass is 427 g/mol. The zero-order valence-electron chi connectivity index (χ0n) is 15.8. The van der Waals surface area contributed by atoms with Crippen molar-refractivity contribution in [3.05, 3.63) is 63.8 Å². The summed E-state index contributed by atoms with van der Waals surface area (Å²) in [4.78, 5) is 12.5. The lowest BCUT2D eigenvalue weighted by atomic mass is 10.1. The first-order chi connectivity index (χ1) is 12.8. The number of carbonyl (C=O) groups is 1. The summed E-state index contributed by atoms with van der Waals surface area (Å²) in [5.74, 6) is 1.11. The van der Waals surface area contributed by atoms with E-state index in [0.717, 1.165) is 26.9 Å². The summed E-state index contributed by atoms with van der Waals surface area (Å²) in [5.41, 5.74) is 5.08. The van der Waals surface area contributed by atoms with Gasteiger partial charge in [0.1, 0.15) is 11.6 Å². The Hall–Kier alpha value is -2.60. The van der Waals surface area contributed by atoms with Gasteiger partial charge in [0.2, 0.25) is 0 Å². The average Bonchev–Trinajstić information content (AvgIpc) is 2.90. The number of halogens is 1. The van der Waals surface area contributed by atoms with Gasteiger partial charge in [-0.1, -0.05) is 34.1 Å². The molecule has 140 valence electrons. The number of aromatic nitrogens is 2. The van der Waals surface area contributed by atoms with Gasteiger partial charge in [-0.15, -0.1) is 0 Å². The fraction of sp³-hybridized carbons (Fsp3) is 0.238. The molecule has 1 heterocycles. The highest BCUT2D eigenvalue weighted by atomic mass is 79.9. The number of hydrogen-bond acceptors (Lipinski definition) is 3. The van der Waals surface area contributed by atoms with Crippen LogP contribution in [0.5, 0.6) is 5.75 Å². The first kappa shape index (κ1) is 19.2. The van der Waals surface area contributed by atoms with Crippen LogP contribution in [0.25, 0.3) is 11.1 Å². The number of hydrogen-bond donors (Lipinski definition) is 1. The lowest BCUT2D eigenvalue weighted by molar-refractivity contribution is -0.118. The molecular weight excluding hydrogens is 406 g/mol. The van der Waals surface area contributed by atoms with Crippen molar-refractivity contribution in [1.29, 1.82) is 0 Å². The molecule has 0 bridgehead atoms. The third kappa shape index (κ3) is 4.39. The maximum Gasteiger partial charge on any atom is 0.263 e. The second kappa shape index (κ2) is 7.96. The topological polar surface area (TPSA) is 56.1 Å². The number of amides is 1. The summed E-state index contributed by atoms with van der Waals surface area (Å²) in [6, 6.07) is 13.7. The van der Waals surface area contributed by atoms with E-state index in [4.69, 9.17) is 4.74 Å². The Morgan fingerprint density at radius 3 is 2.48 bits per heavy atom. The Morgan fingerprint density at radius 2 is 1.81 bits per heavy atom. The van der Waals surface area contributed by atoms with E-state index >= 15 is 0 Å². The van der Waals surface area contributed by atoms with Crippen LogP contribution in [0.1, 0.15) is 16.8 Å². The molecule has 1 amide bonds. The van der Waals surface area contributed by atoms with E-state index < -0.39 is 0 Å². The lowest BCUT2D eigenvalue weighted by Gasteiger charge is -2.11. The van der Waals surface area contributed by atoms with Crippen LogP contribution in [0.2, 0.25) is 0 Å². The van der Waals surface area contributed by atoms with E-state index in [9.17, 15) is 4.79 Å². The highest BCUT2D eigenvalue weighted by Crippen LogP contribution is 2.31. The van der Waals surface area contributed by atoms with Crippen molar-refractivity contribution in [2.45, 2.75) is 20.8 Å². The molecule has 0 aliphatic heterocycles. The molecule has 0 aliphatic rings. The van der Waals surface area contributed by atoms with Crippen molar-refractivity contribution in [2.24, 2.45) is 7.05 Å². The molecule has 0 unspecified atom stereocenters. The Balaban J connectivity index is 1.76. The van der Waals surface area contributed by atoms with Crippen LogP contribution in [0.3, 0.4) is 0 Å². The second-order valence-corrected chi connectivity index (χ2v) is 7.44. The molecular formula is C21H22BrN3O2. The third-order valence-corrected chi connectivity index (χ3v) is 4.99. The molecule has 0 radical (unpaired) electrons. The molecule has 0 saturated heterocycles. The minimum absolute atomic E-state index is 0.0630. The predicted molar refractivity (Wildman–Crippen MR) is 111 cm³/mol. The van der Waals surface area contributed by atoms with E-state index in [1.165, 1.54) is 5.56 Å². The van der Waals surface area contributed by atoms with Crippen LogP contribution in [0, 0.1) is 20.8 Å². The number of anilines is 1. The maximum atomic E-state index is 12.5. The second-order valence-electron chi connectivity index (χ2n) is 6.52. The molecule has 1 N–H and O–H groups in total. The van der Waals surface area contributed by atoms with Gasteiger partial charge in [0.25, 0.3) is 5.91 Å². The highest BCUT2D eigenvalue weighted by molar-refractivity contribution is 9.10. The van der Waals surface area contributed by atoms with Crippen molar-refractivity contribution in [3.8, 4) is 16.9 Å². The van der Waals surface area contributed by atoms with E-state index in [1.54, 1.807) is 4.68 Å². The van der Waals surface area contributed by atoms with Crippen molar-refractivity contribution in [1.82, 2.24) is 9.78 Å². The zero-order chi connectivity index (χ0) is 19.6. The molecule has 3 aromatic rings. The van der Waals surface area contributed by atoms with Gasteiger partial charge in [0, 0.05) is 17.1 Å². The van der Waals surface area contributed by atoms with Crippen LogP contribution < -0.4 is 10.1 Å². The van der Waals surface area contributed by atoms with E-state index in [-0.39, 0.29) is 12.5 Å². The molecule has 0 fully saturated rings. The Bertz CT molecular complexity index is 978. The Morgan fingerprint density at radius 1 is 1.11 bits per heavy atom. The average molecular weight is 428 g/mol. The van der Waals surface area contributed by atoms with Crippen LogP contribution in [0.4, 0.5) is 5.82 Å². The fourth-order valence-electron chi connectivity index (χ4n) is 2.88. The van der Waals surface area contributed by atoms with Gasteiger partial charge >= 0.3 is 0 Å². The van der Waals surface area contributed by atoms with Crippen LogP contribution in [-0.4, -0.2) is 22.3 Å². The molecule has 1 aromatic heterocycles. The maximum absolute atomic E-state index is 12.5. The molecule has 3 rings (SSSR count). The molecule has 0 atom stereocenters.